The maximum Gasteiger partial charge on any atom is 0.238 e. The number of benzene rings is 2. The molecular formula is C19H18FN3O3S2. The van der Waals surface area contributed by atoms with E-state index in [-0.39, 0.29) is 29.2 Å². The average molecular weight is 420 g/mol. The van der Waals surface area contributed by atoms with Crippen LogP contribution in [0.4, 0.5) is 10.1 Å². The molecule has 4 N–H and O–H groups in total. The van der Waals surface area contributed by atoms with Crippen molar-refractivity contribution in [1.82, 2.24) is 5.32 Å². The summed E-state index contributed by atoms with van der Waals surface area (Å²) >= 11 is 1.53. The zero-order valence-electron chi connectivity index (χ0n) is 14.6. The van der Waals surface area contributed by atoms with Crippen molar-refractivity contribution < 1.29 is 17.6 Å². The second kappa shape index (κ2) is 8.61. The van der Waals surface area contributed by atoms with Gasteiger partial charge in [-0.25, -0.2) is 17.9 Å². The van der Waals surface area contributed by atoms with Gasteiger partial charge >= 0.3 is 0 Å². The van der Waals surface area contributed by atoms with E-state index in [9.17, 15) is 17.6 Å². The number of hydrogen-bond donors (Lipinski definition) is 3. The van der Waals surface area contributed by atoms with Gasteiger partial charge in [0.25, 0.3) is 0 Å². The Balaban J connectivity index is 1.66. The zero-order valence-corrected chi connectivity index (χ0v) is 16.3. The fourth-order valence-electron chi connectivity index (χ4n) is 2.62. The molecular weight excluding hydrogens is 401 g/mol. The number of rotatable bonds is 7. The summed E-state index contributed by atoms with van der Waals surface area (Å²) in [5.41, 5.74) is 1.29. The van der Waals surface area contributed by atoms with Crippen molar-refractivity contribution in [3.05, 3.63) is 82.3 Å². The van der Waals surface area contributed by atoms with Gasteiger partial charge in [-0.05, 0) is 53.4 Å². The van der Waals surface area contributed by atoms with Gasteiger partial charge in [0.15, 0.2) is 0 Å². The molecule has 0 aliphatic heterocycles. The van der Waals surface area contributed by atoms with E-state index < -0.39 is 10.0 Å². The zero-order chi connectivity index (χ0) is 20.1. The molecule has 1 aromatic heterocycles. The minimum atomic E-state index is -3.78. The van der Waals surface area contributed by atoms with Crippen molar-refractivity contribution in [2.45, 2.75) is 10.9 Å². The van der Waals surface area contributed by atoms with Gasteiger partial charge < -0.3 is 5.32 Å². The molecule has 146 valence electrons. The highest BCUT2D eigenvalue weighted by atomic mass is 32.2. The Morgan fingerprint density at radius 1 is 1.07 bits per heavy atom. The number of nitrogens with two attached hydrogens (primary N) is 1. The quantitative estimate of drug-likeness (QED) is 0.548. The summed E-state index contributed by atoms with van der Waals surface area (Å²) in [6, 6.07) is 15.3. The van der Waals surface area contributed by atoms with Crippen molar-refractivity contribution >= 4 is 33.0 Å². The fourth-order valence-corrected chi connectivity index (χ4v) is 3.96. The molecule has 3 aromatic rings. The van der Waals surface area contributed by atoms with Gasteiger partial charge in [-0.2, -0.15) is 0 Å². The predicted molar refractivity (Wildman–Crippen MR) is 107 cm³/mol. The van der Waals surface area contributed by atoms with Crippen LogP contribution < -0.4 is 15.8 Å². The molecule has 3 rings (SSSR count). The number of carbonyl (C=O) groups excluding carboxylic acids is 1. The molecule has 9 heteroatoms. The van der Waals surface area contributed by atoms with Crippen LogP contribution in [0.15, 0.2) is 70.9 Å². The molecule has 1 unspecified atom stereocenters. The Morgan fingerprint density at radius 2 is 1.75 bits per heavy atom. The first kappa shape index (κ1) is 20.2. The summed E-state index contributed by atoms with van der Waals surface area (Å²) in [4.78, 5) is 13.2. The third-order valence-electron chi connectivity index (χ3n) is 3.96. The maximum absolute atomic E-state index is 13.2. The number of primary sulfonamides is 1. The number of hydrogen-bond acceptors (Lipinski definition) is 5. The second-order valence-corrected chi connectivity index (χ2v) is 8.54. The molecule has 1 amide bonds. The van der Waals surface area contributed by atoms with Gasteiger partial charge in [0.05, 0.1) is 17.5 Å². The van der Waals surface area contributed by atoms with Crippen LogP contribution in [-0.2, 0) is 14.8 Å². The molecule has 0 bridgehead atoms. The van der Waals surface area contributed by atoms with Gasteiger partial charge in [0.2, 0.25) is 15.9 Å². The van der Waals surface area contributed by atoms with E-state index in [1.165, 1.54) is 47.7 Å². The van der Waals surface area contributed by atoms with Crippen molar-refractivity contribution in [3.8, 4) is 0 Å². The third-order valence-corrected chi connectivity index (χ3v) is 5.83. The highest BCUT2D eigenvalue weighted by Crippen LogP contribution is 2.26. The van der Waals surface area contributed by atoms with Crippen LogP contribution in [0.1, 0.15) is 16.5 Å². The van der Waals surface area contributed by atoms with E-state index in [1.54, 1.807) is 12.1 Å². The Labute approximate surface area is 166 Å². The summed E-state index contributed by atoms with van der Waals surface area (Å²) in [5.74, 6) is -0.624. The molecule has 0 aliphatic rings. The standard InChI is InChI=1S/C19H18FN3O3S2/c20-14-5-3-13(4-6-14)19(17-2-1-11-27-17)22-12-18(24)23-15-7-9-16(10-8-15)28(21,25)26/h1-11,19,22H,12H2,(H,23,24)(H2,21,25,26). The van der Waals surface area contributed by atoms with Crippen LogP contribution in [0.2, 0.25) is 0 Å². The van der Waals surface area contributed by atoms with E-state index in [1.807, 2.05) is 17.5 Å². The van der Waals surface area contributed by atoms with Gasteiger partial charge in [-0.15, -0.1) is 11.3 Å². The summed E-state index contributed by atoms with van der Waals surface area (Å²) in [6.45, 7) is 0.0108. The van der Waals surface area contributed by atoms with Gasteiger partial charge in [-0.1, -0.05) is 18.2 Å². The molecule has 28 heavy (non-hydrogen) atoms. The SMILES string of the molecule is NS(=O)(=O)c1ccc(NC(=O)CNC(c2ccc(F)cc2)c2cccs2)cc1. The second-order valence-electron chi connectivity index (χ2n) is 6.00. The van der Waals surface area contributed by atoms with E-state index in [4.69, 9.17) is 5.14 Å². The lowest BCUT2D eigenvalue weighted by atomic mass is 10.1. The van der Waals surface area contributed by atoms with E-state index in [0.29, 0.717) is 5.69 Å². The maximum atomic E-state index is 13.2. The van der Waals surface area contributed by atoms with Crippen LogP contribution >= 0.6 is 11.3 Å². The lowest BCUT2D eigenvalue weighted by Gasteiger charge is -2.18. The molecule has 1 heterocycles. The predicted octanol–water partition coefficient (Wildman–Crippen LogP) is 2.85. The van der Waals surface area contributed by atoms with Crippen molar-refractivity contribution in [1.29, 1.82) is 0 Å². The molecule has 0 spiro atoms. The highest BCUT2D eigenvalue weighted by Gasteiger charge is 2.16. The molecule has 0 saturated carbocycles. The number of nitrogens with one attached hydrogen (secondary N) is 2. The summed E-state index contributed by atoms with van der Waals surface area (Å²) < 4.78 is 35.8. The molecule has 0 saturated heterocycles. The first-order valence-corrected chi connectivity index (χ1v) is 10.7. The van der Waals surface area contributed by atoms with Gasteiger partial charge in [0.1, 0.15) is 5.82 Å². The first-order valence-electron chi connectivity index (χ1n) is 8.28. The Kier molecular flexibility index (Phi) is 6.20. The third kappa shape index (κ3) is 5.23. The number of carbonyl (C=O) groups is 1. The van der Waals surface area contributed by atoms with Crippen LogP contribution in [-0.4, -0.2) is 20.9 Å². The van der Waals surface area contributed by atoms with Crippen LogP contribution in [0.25, 0.3) is 0 Å². The van der Waals surface area contributed by atoms with Crippen LogP contribution in [0.5, 0.6) is 0 Å². The number of amides is 1. The molecule has 0 fully saturated rings. The minimum Gasteiger partial charge on any atom is -0.325 e. The minimum absolute atomic E-state index is 0.0108. The number of sulfonamides is 1. The molecule has 0 radical (unpaired) electrons. The summed E-state index contributed by atoms with van der Waals surface area (Å²) in [5, 5.41) is 12.8. The Bertz CT molecular complexity index is 1040. The average Bonchev–Trinajstić information content (AvgIpc) is 3.17. The Morgan fingerprint density at radius 3 is 2.32 bits per heavy atom. The smallest absolute Gasteiger partial charge is 0.238 e. The van der Waals surface area contributed by atoms with Crippen molar-refractivity contribution in [2.24, 2.45) is 5.14 Å². The van der Waals surface area contributed by atoms with Crippen LogP contribution in [0.3, 0.4) is 0 Å². The summed E-state index contributed by atoms with van der Waals surface area (Å²) in [7, 11) is -3.78. The highest BCUT2D eigenvalue weighted by molar-refractivity contribution is 7.89. The monoisotopic (exact) mass is 419 g/mol. The topological polar surface area (TPSA) is 101 Å². The van der Waals surface area contributed by atoms with Gasteiger partial charge in [0, 0.05) is 10.6 Å². The normalized spacial score (nSPS) is 12.5. The first-order chi connectivity index (χ1) is 13.3. The van der Waals surface area contributed by atoms with E-state index in [2.05, 4.69) is 10.6 Å². The lowest BCUT2D eigenvalue weighted by Crippen LogP contribution is -2.31. The van der Waals surface area contributed by atoms with E-state index >= 15 is 0 Å². The molecule has 0 aliphatic carbocycles. The van der Waals surface area contributed by atoms with E-state index in [0.717, 1.165) is 10.4 Å². The molecule has 1 atom stereocenters. The summed E-state index contributed by atoms with van der Waals surface area (Å²) in [6.07, 6.45) is 0. The Hall–Kier alpha value is -2.59. The molecule has 6 nitrogen and oxygen atoms in total. The molecule has 2 aromatic carbocycles. The number of thiophene rings is 1. The number of anilines is 1. The lowest BCUT2D eigenvalue weighted by molar-refractivity contribution is -0.115. The van der Waals surface area contributed by atoms with Crippen LogP contribution in [0, 0.1) is 5.82 Å². The fraction of sp³-hybridized carbons (Fsp3) is 0.105. The van der Waals surface area contributed by atoms with Crippen molar-refractivity contribution in [2.75, 3.05) is 11.9 Å². The van der Waals surface area contributed by atoms with Crippen molar-refractivity contribution in [3.63, 3.8) is 0 Å². The van der Waals surface area contributed by atoms with Gasteiger partial charge in [-0.3, -0.25) is 10.1 Å². The number of halogens is 1. The largest absolute Gasteiger partial charge is 0.325 e.